The molecule has 1 rings (SSSR count). The lowest BCUT2D eigenvalue weighted by Crippen LogP contribution is -2.42. The number of hydrogen-bond acceptors (Lipinski definition) is 4. The van der Waals surface area contributed by atoms with Crippen molar-refractivity contribution in [3.05, 3.63) is 22.6 Å². The maximum atomic E-state index is 12.3. The van der Waals surface area contributed by atoms with E-state index in [1.807, 2.05) is 0 Å². The molecular weight excluding hydrogens is 243 g/mol. The summed E-state index contributed by atoms with van der Waals surface area (Å²) in [7, 11) is 0. The molecule has 0 saturated heterocycles. The topological polar surface area (TPSA) is 81.2 Å². The van der Waals surface area contributed by atoms with E-state index in [1.54, 1.807) is 0 Å². The minimum absolute atomic E-state index is 0.215. The number of alkyl halides is 3. The van der Waals surface area contributed by atoms with Crippen molar-refractivity contribution in [3.8, 4) is 0 Å². The van der Waals surface area contributed by atoms with Crippen molar-refractivity contribution in [2.75, 3.05) is 0 Å². The SMILES string of the molecule is CC(O)(CCn1cnc([N+](=O)[O-])c1)C(F)(F)F. The Morgan fingerprint density at radius 3 is 2.59 bits per heavy atom. The summed E-state index contributed by atoms with van der Waals surface area (Å²) < 4.78 is 38.0. The molecule has 0 bridgehead atoms. The van der Waals surface area contributed by atoms with E-state index in [-0.39, 0.29) is 6.54 Å². The van der Waals surface area contributed by atoms with Gasteiger partial charge in [-0.05, 0) is 16.8 Å². The van der Waals surface area contributed by atoms with Gasteiger partial charge in [0.1, 0.15) is 6.20 Å². The molecule has 1 aromatic rings. The summed E-state index contributed by atoms with van der Waals surface area (Å²) in [6, 6.07) is 0. The van der Waals surface area contributed by atoms with E-state index in [2.05, 4.69) is 4.98 Å². The average molecular weight is 253 g/mol. The molecule has 96 valence electrons. The van der Waals surface area contributed by atoms with Crippen LogP contribution in [-0.2, 0) is 6.54 Å². The summed E-state index contributed by atoms with van der Waals surface area (Å²) in [5.41, 5.74) is -2.83. The number of nitrogens with zero attached hydrogens (tertiary/aromatic N) is 3. The lowest BCUT2D eigenvalue weighted by Gasteiger charge is -2.25. The number of hydrogen-bond donors (Lipinski definition) is 1. The van der Waals surface area contributed by atoms with Crippen LogP contribution in [0.15, 0.2) is 12.5 Å². The van der Waals surface area contributed by atoms with E-state index >= 15 is 0 Å². The summed E-state index contributed by atoms with van der Waals surface area (Å²) >= 11 is 0. The molecule has 0 aliphatic carbocycles. The number of aryl methyl sites for hydroxylation is 1. The molecule has 1 unspecified atom stereocenters. The van der Waals surface area contributed by atoms with Crippen LogP contribution in [0.25, 0.3) is 0 Å². The molecule has 0 radical (unpaired) electrons. The third-order valence-electron chi connectivity index (χ3n) is 2.27. The maximum absolute atomic E-state index is 12.3. The van der Waals surface area contributed by atoms with Gasteiger partial charge in [0.25, 0.3) is 0 Å². The first-order chi connectivity index (χ1) is 7.63. The van der Waals surface area contributed by atoms with Crippen LogP contribution >= 0.6 is 0 Å². The predicted octanol–water partition coefficient (Wildman–Crippen LogP) is 1.49. The van der Waals surface area contributed by atoms with Crippen LogP contribution in [0.4, 0.5) is 19.0 Å². The molecule has 9 heteroatoms. The normalized spacial score (nSPS) is 15.6. The standard InChI is InChI=1S/C8H10F3N3O3/c1-7(15,8(9,10)11)2-3-13-4-6(12-5-13)14(16)17/h4-5,15H,2-3H2,1H3. The second kappa shape index (κ2) is 4.32. The van der Waals surface area contributed by atoms with Gasteiger partial charge in [0, 0.05) is 13.0 Å². The van der Waals surface area contributed by atoms with Crippen molar-refractivity contribution in [2.24, 2.45) is 0 Å². The molecule has 0 aliphatic rings. The Morgan fingerprint density at radius 1 is 1.59 bits per heavy atom. The van der Waals surface area contributed by atoms with Gasteiger partial charge in [-0.1, -0.05) is 0 Å². The van der Waals surface area contributed by atoms with Crippen LogP contribution in [0.3, 0.4) is 0 Å². The van der Waals surface area contributed by atoms with E-state index in [0.717, 1.165) is 17.1 Å². The number of aromatic nitrogens is 2. The monoisotopic (exact) mass is 253 g/mol. The zero-order valence-electron chi connectivity index (χ0n) is 8.81. The van der Waals surface area contributed by atoms with Gasteiger partial charge in [0.15, 0.2) is 5.60 Å². The molecule has 0 spiro atoms. The number of aliphatic hydroxyl groups is 1. The van der Waals surface area contributed by atoms with Crippen LogP contribution in [0, 0.1) is 10.1 Å². The highest BCUT2D eigenvalue weighted by molar-refractivity contribution is 5.12. The summed E-state index contributed by atoms with van der Waals surface area (Å²) in [6.45, 7) is 0.436. The first kappa shape index (κ1) is 13.4. The highest BCUT2D eigenvalue weighted by Gasteiger charge is 2.49. The maximum Gasteiger partial charge on any atom is 0.416 e. The van der Waals surface area contributed by atoms with Crippen molar-refractivity contribution >= 4 is 5.82 Å². The summed E-state index contributed by atoms with van der Waals surface area (Å²) in [5, 5.41) is 19.4. The molecule has 1 N–H and O–H groups in total. The molecule has 1 aromatic heterocycles. The Balaban J connectivity index is 2.64. The molecule has 0 aliphatic heterocycles. The van der Waals surface area contributed by atoms with Gasteiger partial charge in [-0.3, -0.25) is 0 Å². The van der Waals surface area contributed by atoms with Crippen LogP contribution in [0.2, 0.25) is 0 Å². The Bertz CT molecular complexity index is 414. The number of nitro groups is 1. The van der Waals surface area contributed by atoms with E-state index < -0.39 is 28.9 Å². The minimum Gasteiger partial charge on any atom is -0.381 e. The number of rotatable bonds is 4. The van der Waals surface area contributed by atoms with E-state index in [0.29, 0.717) is 6.92 Å². The Kier molecular flexibility index (Phi) is 3.41. The highest BCUT2D eigenvalue weighted by Crippen LogP contribution is 2.32. The second-order valence-electron chi connectivity index (χ2n) is 3.75. The van der Waals surface area contributed by atoms with Gasteiger partial charge >= 0.3 is 12.0 Å². The van der Waals surface area contributed by atoms with Crippen LogP contribution < -0.4 is 0 Å². The molecule has 17 heavy (non-hydrogen) atoms. The van der Waals surface area contributed by atoms with Crippen molar-refractivity contribution < 1.29 is 23.2 Å². The first-order valence-corrected chi connectivity index (χ1v) is 4.59. The third kappa shape index (κ3) is 3.16. The molecule has 0 amide bonds. The minimum atomic E-state index is -4.74. The molecule has 0 aromatic carbocycles. The predicted molar refractivity (Wildman–Crippen MR) is 50.2 cm³/mol. The highest BCUT2D eigenvalue weighted by atomic mass is 19.4. The molecule has 1 heterocycles. The van der Waals surface area contributed by atoms with Gasteiger partial charge in [-0.15, -0.1) is 0 Å². The van der Waals surface area contributed by atoms with Gasteiger partial charge in [0.05, 0.1) is 0 Å². The molecular formula is C8H10F3N3O3. The van der Waals surface area contributed by atoms with E-state index in [1.165, 1.54) is 0 Å². The Hall–Kier alpha value is -1.64. The lowest BCUT2D eigenvalue weighted by molar-refractivity contribution is -0.389. The average Bonchev–Trinajstić information content (AvgIpc) is 2.61. The Labute approximate surface area is 93.8 Å². The van der Waals surface area contributed by atoms with Crippen molar-refractivity contribution in [2.45, 2.75) is 31.7 Å². The third-order valence-corrected chi connectivity index (χ3v) is 2.27. The van der Waals surface area contributed by atoms with Gasteiger partial charge in [0.2, 0.25) is 6.33 Å². The van der Waals surface area contributed by atoms with Crippen LogP contribution in [0.5, 0.6) is 0 Å². The Morgan fingerprint density at radius 2 is 2.18 bits per heavy atom. The van der Waals surface area contributed by atoms with Crippen molar-refractivity contribution in [1.82, 2.24) is 9.55 Å². The number of halogens is 3. The van der Waals surface area contributed by atoms with Gasteiger partial charge < -0.3 is 19.8 Å². The summed E-state index contributed by atoms with van der Waals surface area (Å²) in [5.74, 6) is -0.448. The first-order valence-electron chi connectivity index (χ1n) is 4.59. The fraction of sp³-hybridized carbons (Fsp3) is 0.625. The molecule has 0 fully saturated rings. The van der Waals surface area contributed by atoms with Crippen LogP contribution in [-0.4, -0.2) is 31.4 Å². The quantitative estimate of drug-likeness (QED) is 0.651. The zero-order valence-corrected chi connectivity index (χ0v) is 8.81. The van der Waals surface area contributed by atoms with Gasteiger partial charge in [-0.2, -0.15) is 13.2 Å². The fourth-order valence-electron chi connectivity index (χ4n) is 1.05. The van der Waals surface area contributed by atoms with E-state index in [9.17, 15) is 23.3 Å². The van der Waals surface area contributed by atoms with Crippen molar-refractivity contribution in [1.29, 1.82) is 0 Å². The zero-order chi connectivity index (χ0) is 13.3. The number of imidazole rings is 1. The van der Waals surface area contributed by atoms with E-state index in [4.69, 9.17) is 5.11 Å². The molecule has 0 saturated carbocycles. The van der Waals surface area contributed by atoms with Crippen molar-refractivity contribution in [3.63, 3.8) is 0 Å². The smallest absolute Gasteiger partial charge is 0.381 e. The summed E-state index contributed by atoms with van der Waals surface area (Å²) in [4.78, 5) is 12.9. The second-order valence-corrected chi connectivity index (χ2v) is 3.75. The fourth-order valence-corrected chi connectivity index (χ4v) is 1.05. The van der Waals surface area contributed by atoms with Crippen LogP contribution in [0.1, 0.15) is 13.3 Å². The largest absolute Gasteiger partial charge is 0.416 e. The van der Waals surface area contributed by atoms with Gasteiger partial charge in [-0.25, -0.2) is 0 Å². The molecule has 6 nitrogen and oxygen atoms in total. The molecule has 1 atom stereocenters. The summed E-state index contributed by atoms with van der Waals surface area (Å²) in [6.07, 6.45) is -3.29. The lowest BCUT2D eigenvalue weighted by atomic mass is 10.0.